The Kier molecular flexibility index (Phi) is 2.38. The molecule has 3 heterocycles. The van der Waals surface area contributed by atoms with E-state index in [2.05, 4.69) is 4.98 Å². The standard InChI is InChI=1S/C15H16N2O2/c18-15(17-8-10-5-6-11(9-17)19-10)13-7-16-14-4-2-1-3-12(13)14/h1-4,7,10-11,16H,5-6,8-9H2. The molecule has 2 bridgehead atoms. The van der Waals surface area contributed by atoms with Crippen LogP contribution in [0.15, 0.2) is 30.5 Å². The Balaban J connectivity index is 1.67. The molecule has 2 unspecified atom stereocenters. The number of H-pyrrole nitrogens is 1. The van der Waals surface area contributed by atoms with Crippen molar-refractivity contribution in [1.82, 2.24) is 9.88 Å². The first-order valence-electron chi connectivity index (χ1n) is 6.82. The zero-order chi connectivity index (χ0) is 12.8. The molecule has 2 atom stereocenters. The van der Waals surface area contributed by atoms with Crippen LogP contribution < -0.4 is 0 Å². The molecule has 2 fully saturated rings. The zero-order valence-electron chi connectivity index (χ0n) is 10.6. The number of hydrogen-bond acceptors (Lipinski definition) is 2. The van der Waals surface area contributed by atoms with Gasteiger partial charge in [0.2, 0.25) is 0 Å². The summed E-state index contributed by atoms with van der Waals surface area (Å²) in [6.07, 6.45) is 4.48. The molecule has 2 aliphatic rings. The first-order chi connectivity index (χ1) is 9.31. The van der Waals surface area contributed by atoms with Gasteiger partial charge in [0.1, 0.15) is 0 Å². The molecule has 1 aromatic carbocycles. The number of hydrogen-bond donors (Lipinski definition) is 1. The minimum absolute atomic E-state index is 0.123. The van der Waals surface area contributed by atoms with Gasteiger partial charge in [-0.25, -0.2) is 0 Å². The second-order valence-electron chi connectivity index (χ2n) is 5.42. The minimum atomic E-state index is 0.123. The topological polar surface area (TPSA) is 45.3 Å². The summed E-state index contributed by atoms with van der Waals surface area (Å²) >= 11 is 0. The first kappa shape index (κ1) is 11.1. The van der Waals surface area contributed by atoms with Crippen molar-refractivity contribution in [2.45, 2.75) is 25.0 Å². The second-order valence-corrected chi connectivity index (χ2v) is 5.42. The Morgan fingerprint density at radius 3 is 2.74 bits per heavy atom. The van der Waals surface area contributed by atoms with Crippen molar-refractivity contribution < 1.29 is 9.53 Å². The number of benzene rings is 1. The summed E-state index contributed by atoms with van der Waals surface area (Å²) in [5.74, 6) is 0.123. The maximum atomic E-state index is 12.6. The Morgan fingerprint density at radius 1 is 1.21 bits per heavy atom. The van der Waals surface area contributed by atoms with Crippen LogP contribution in [0.3, 0.4) is 0 Å². The molecule has 0 aliphatic carbocycles. The van der Waals surface area contributed by atoms with Crippen LogP contribution in [0.25, 0.3) is 10.9 Å². The van der Waals surface area contributed by atoms with Gasteiger partial charge in [0.05, 0.1) is 17.8 Å². The highest BCUT2D eigenvalue weighted by atomic mass is 16.5. The third-order valence-corrected chi connectivity index (χ3v) is 4.15. The van der Waals surface area contributed by atoms with Crippen LogP contribution in [0, 0.1) is 0 Å². The van der Waals surface area contributed by atoms with Gasteiger partial charge in [-0.2, -0.15) is 0 Å². The third kappa shape index (κ3) is 1.75. The molecule has 4 nitrogen and oxygen atoms in total. The number of amides is 1. The van der Waals surface area contributed by atoms with E-state index in [4.69, 9.17) is 4.74 Å². The number of aromatic nitrogens is 1. The van der Waals surface area contributed by atoms with Gasteiger partial charge in [-0.15, -0.1) is 0 Å². The number of carbonyl (C=O) groups excluding carboxylic acids is 1. The fraction of sp³-hybridized carbons (Fsp3) is 0.400. The fourth-order valence-corrected chi connectivity index (χ4v) is 3.20. The smallest absolute Gasteiger partial charge is 0.256 e. The molecule has 2 aromatic rings. The number of para-hydroxylation sites is 1. The summed E-state index contributed by atoms with van der Waals surface area (Å²) in [6, 6.07) is 7.93. The van der Waals surface area contributed by atoms with Crippen LogP contribution in [-0.4, -0.2) is 41.1 Å². The summed E-state index contributed by atoms with van der Waals surface area (Å²) in [6.45, 7) is 1.46. The largest absolute Gasteiger partial charge is 0.371 e. The average molecular weight is 256 g/mol. The molecule has 4 rings (SSSR count). The highest BCUT2D eigenvalue weighted by Crippen LogP contribution is 2.28. The first-order valence-corrected chi connectivity index (χ1v) is 6.82. The summed E-state index contributed by atoms with van der Waals surface area (Å²) in [5.41, 5.74) is 1.79. The predicted octanol–water partition coefficient (Wildman–Crippen LogP) is 2.17. The van der Waals surface area contributed by atoms with Gasteiger partial charge in [-0.05, 0) is 18.9 Å². The molecule has 98 valence electrons. The maximum absolute atomic E-state index is 12.6. The number of likely N-dealkylation sites (tertiary alicyclic amines) is 1. The molecular weight excluding hydrogens is 240 g/mol. The normalized spacial score (nSPS) is 26.0. The van der Waals surface area contributed by atoms with Gasteiger partial charge >= 0.3 is 0 Å². The molecular formula is C15H16N2O2. The van der Waals surface area contributed by atoms with Crippen molar-refractivity contribution in [2.24, 2.45) is 0 Å². The SMILES string of the molecule is O=C(c1c[nH]c2ccccc12)N1CC2CCC(C1)O2. The lowest BCUT2D eigenvalue weighted by atomic mass is 10.1. The second kappa shape index (κ2) is 4.10. The minimum Gasteiger partial charge on any atom is -0.371 e. The number of morpholine rings is 1. The molecule has 1 aromatic heterocycles. The van der Waals surface area contributed by atoms with Gasteiger partial charge in [0, 0.05) is 30.2 Å². The van der Waals surface area contributed by atoms with E-state index in [9.17, 15) is 4.79 Å². The van der Waals surface area contributed by atoms with E-state index in [1.807, 2.05) is 35.4 Å². The molecule has 19 heavy (non-hydrogen) atoms. The molecule has 0 radical (unpaired) electrons. The fourth-order valence-electron chi connectivity index (χ4n) is 3.20. The van der Waals surface area contributed by atoms with Crippen LogP contribution in [0.1, 0.15) is 23.2 Å². The number of nitrogens with one attached hydrogen (secondary N) is 1. The van der Waals surface area contributed by atoms with E-state index >= 15 is 0 Å². The van der Waals surface area contributed by atoms with Crippen LogP contribution in [0.4, 0.5) is 0 Å². The van der Waals surface area contributed by atoms with Crippen molar-refractivity contribution in [3.63, 3.8) is 0 Å². The number of nitrogens with zero attached hydrogens (tertiary/aromatic N) is 1. The quantitative estimate of drug-likeness (QED) is 0.850. The van der Waals surface area contributed by atoms with Crippen LogP contribution in [-0.2, 0) is 4.74 Å². The Hall–Kier alpha value is -1.81. The van der Waals surface area contributed by atoms with Crippen LogP contribution in [0.2, 0.25) is 0 Å². The zero-order valence-corrected chi connectivity index (χ0v) is 10.6. The highest BCUT2D eigenvalue weighted by Gasteiger charge is 2.36. The van der Waals surface area contributed by atoms with E-state index in [0.29, 0.717) is 0 Å². The third-order valence-electron chi connectivity index (χ3n) is 4.15. The Bertz CT molecular complexity index is 622. The number of fused-ring (bicyclic) bond motifs is 3. The van der Waals surface area contributed by atoms with E-state index in [1.54, 1.807) is 0 Å². The number of carbonyl (C=O) groups is 1. The summed E-state index contributed by atoms with van der Waals surface area (Å²) < 4.78 is 5.78. The molecule has 0 spiro atoms. The molecule has 4 heteroatoms. The van der Waals surface area contributed by atoms with Crippen molar-refractivity contribution in [1.29, 1.82) is 0 Å². The maximum Gasteiger partial charge on any atom is 0.256 e. The lowest BCUT2D eigenvalue weighted by Gasteiger charge is -2.32. The monoisotopic (exact) mass is 256 g/mol. The van der Waals surface area contributed by atoms with Crippen molar-refractivity contribution in [3.05, 3.63) is 36.0 Å². The van der Waals surface area contributed by atoms with Crippen molar-refractivity contribution >= 4 is 16.8 Å². The number of ether oxygens (including phenoxy) is 1. The number of aromatic amines is 1. The van der Waals surface area contributed by atoms with Crippen molar-refractivity contribution in [3.8, 4) is 0 Å². The molecule has 1 N–H and O–H groups in total. The molecule has 1 amide bonds. The number of rotatable bonds is 1. The van der Waals surface area contributed by atoms with Crippen LogP contribution >= 0.6 is 0 Å². The highest BCUT2D eigenvalue weighted by molar-refractivity contribution is 6.06. The van der Waals surface area contributed by atoms with Gasteiger partial charge in [-0.3, -0.25) is 4.79 Å². The van der Waals surface area contributed by atoms with E-state index < -0.39 is 0 Å². The lowest BCUT2D eigenvalue weighted by molar-refractivity contribution is -0.0302. The van der Waals surface area contributed by atoms with Gasteiger partial charge in [-0.1, -0.05) is 18.2 Å². The van der Waals surface area contributed by atoms with E-state index in [1.165, 1.54) is 0 Å². The van der Waals surface area contributed by atoms with Gasteiger partial charge in [0.15, 0.2) is 0 Å². The average Bonchev–Trinajstić information content (AvgIpc) is 3.01. The lowest BCUT2D eigenvalue weighted by Crippen LogP contribution is -2.45. The molecule has 2 aliphatic heterocycles. The predicted molar refractivity (Wildman–Crippen MR) is 72.1 cm³/mol. The summed E-state index contributed by atoms with van der Waals surface area (Å²) in [7, 11) is 0. The molecule has 2 saturated heterocycles. The van der Waals surface area contributed by atoms with E-state index in [0.717, 1.165) is 42.4 Å². The Morgan fingerprint density at radius 2 is 1.95 bits per heavy atom. The Labute approximate surface area is 111 Å². The summed E-state index contributed by atoms with van der Waals surface area (Å²) in [4.78, 5) is 17.8. The van der Waals surface area contributed by atoms with Crippen molar-refractivity contribution in [2.75, 3.05) is 13.1 Å². The van der Waals surface area contributed by atoms with Gasteiger partial charge in [0.25, 0.3) is 5.91 Å². The molecule has 0 saturated carbocycles. The van der Waals surface area contributed by atoms with E-state index in [-0.39, 0.29) is 18.1 Å². The van der Waals surface area contributed by atoms with Crippen LogP contribution in [0.5, 0.6) is 0 Å². The summed E-state index contributed by atoms with van der Waals surface area (Å²) in [5, 5.41) is 1.01. The van der Waals surface area contributed by atoms with Gasteiger partial charge < -0.3 is 14.6 Å².